The maximum Gasteiger partial charge on any atom is 0.310 e. The van der Waals surface area contributed by atoms with Gasteiger partial charge in [0.15, 0.2) is 6.61 Å². The minimum atomic E-state index is -0.437. The second-order valence-electron chi connectivity index (χ2n) is 6.45. The molecule has 0 unspecified atom stereocenters. The van der Waals surface area contributed by atoms with Gasteiger partial charge in [0, 0.05) is 23.8 Å². The van der Waals surface area contributed by atoms with E-state index in [9.17, 15) is 9.59 Å². The highest BCUT2D eigenvalue weighted by molar-refractivity contribution is 5.81. The number of carbonyl (C=O) groups is 2. The molecule has 134 valence electrons. The van der Waals surface area contributed by atoms with Gasteiger partial charge in [0.25, 0.3) is 5.91 Å². The van der Waals surface area contributed by atoms with Gasteiger partial charge in [-0.15, -0.1) is 0 Å². The molecule has 0 aliphatic carbocycles. The van der Waals surface area contributed by atoms with Gasteiger partial charge in [-0.05, 0) is 39.8 Å². The topological polar surface area (TPSA) is 64.4 Å². The van der Waals surface area contributed by atoms with Crippen LogP contribution in [0.25, 0.3) is 5.69 Å². The second-order valence-corrected chi connectivity index (χ2v) is 6.45. The van der Waals surface area contributed by atoms with Crippen LogP contribution in [0.15, 0.2) is 42.7 Å². The fourth-order valence-electron chi connectivity index (χ4n) is 2.78. The molecule has 2 aromatic rings. The van der Waals surface area contributed by atoms with Crippen molar-refractivity contribution in [1.82, 2.24) is 14.7 Å². The van der Waals surface area contributed by atoms with Gasteiger partial charge in [0.1, 0.15) is 0 Å². The SMILES string of the molecule is CC(C)N(C(=O)COC(=O)Cc1cnn(-c2ccccc2)c1)C(C)C. The number of aromatic nitrogens is 2. The summed E-state index contributed by atoms with van der Waals surface area (Å²) in [7, 11) is 0. The predicted molar refractivity (Wildman–Crippen MR) is 95.3 cm³/mol. The summed E-state index contributed by atoms with van der Waals surface area (Å²) in [6.07, 6.45) is 3.50. The molecule has 25 heavy (non-hydrogen) atoms. The van der Waals surface area contributed by atoms with Gasteiger partial charge in [-0.3, -0.25) is 9.59 Å². The lowest BCUT2D eigenvalue weighted by Gasteiger charge is -2.30. The van der Waals surface area contributed by atoms with Crippen LogP contribution in [-0.4, -0.2) is 45.2 Å². The van der Waals surface area contributed by atoms with Crippen molar-refractivity contribution >= 4 is 11.9 Å². The maximum atomic E-state index is 12.2. The molecule has 6 heteroatoms. The van der Waals surface area contributed by atoms with Crippen LogP contribution >= 0.6 is 0 Å². The zero-order chi connectivity index (χ0) is 18.4. The Hall–Kier alpha value is -2.63. The van der Waals surface area contributed by atoms with Crippen LogP contribution in [0.4, 0.5) is 0 Å². The number of para-hydroxylation sites is 1. The van der Waals surface area contributed by atoms with E-state index in [4.69, 9.17) is 4.74 Å². The van der Waals surface area contributed by atoms with Crippen LogP contribution in [0.5, 0.6) is 0 Å². The zero-order valence-electron chi connectivity index (χ0n) is 15.2. The highest BCUT2D eigenvalue weighted by atomic mass is 16.5. The Morgan fingerprint density at radius 1 is 1.12 bits per heavy atom. The Morgan fingerprint density at radius 2 is 1.76 bits per heavy atom. The van der Waals surface area contributed by atoms with E-state index in [1.807, 2.05) is 58.0 Å². The van der Waals surface area contributed by atoms with Gasteiger partial charge < -0.3 is 9.64 Å². The first-order valence-electron chi connectivity index (χ1n) is 8.44. The predicted octanol–water partition coefficient (Wildman–Crippen LogP) is 2.60. The number of hydrogen-bond acceptors (Lipinski definition) is 4. The van der Waals surface area contributed by atoms with Crippen molar-refractivity contribution < 1.29 is 14.3 Å². The summed E-state index contributed by atoms with van der Waals surface area (Å²) in [6.45, 7) is 7.53. The average Bonchev–Trinajstić information content (AvgIpc) is 3.01. The van der Waals surface area contributed by atoms with Crippen molar-refractivity contribution in [2.75, 3.05) is 6.61 Å². The van der Waals surface area contributed by atoms with Crippen LogP contribution in [-0.2, 0) is 20.7 Å². The number of nitrogens with zero attached hydrogens (tertiary/aromatic N) is 3. The summed E-state index contributed by atoms with van der Waals surface area (Å²) in [4.78, 5) is 25.9. The molecule has 6 nitrogen and oxygen atoms in total. The highest BCUT2D eigenvalue weighted by Gasteiger charge is 2.21. The molecule has 0 aliphatic heterocycles. The molecule has 0 aliphatic rings. The number of rotatable bonds is 7. The van der Waals surface area contributed by atoms with Crippen LogP contribution in [0.1, 0.15) is 33.3 Å². The summed E-state index contributed by atoms with van der Waals surface area (Å²) < 4.78 is 6.84. The summed E-state index contributed by atoms with van der Waals surface area (Å²) in [5.74, 6) is -0.619. The Bertz CT molecular complexity index is 700. The molecular weight excluding hydrogens is 318 g/mol. The highest BCUT2D eigenvalue weighted by Crippen LogP contribution is 2.09. The van der Waals surface area contributed by atoms with E-state index in [1.165, 1.54) is 0 Å². The number of esters is 1. The summed E-state index contributed by atoms with van der Waals surface area (Å²) in [5, 5.41) is 4.24. The van der Waals surface area contributed by atoms with Crippen molar-refractivity contribution in [2.45, 2.75) is 46.2 Å². The summed E-state index contributed by atoms with van der Waals surface area (Å²) in [6, 6.07) is 9.77. The molecule has 1 heterocycles. The lowest BCUT2D eigenvalue weighted by Crippen LogP contribution is -2.44. The van der Waals surface area contributed by atoms with E-state index in [0.29, 0.717) is 0 Å². The number of benzene rings is 1. The first-order chi connectivity index (χ1) is 11.9. The van der Waals surface area contributed by atoms with Gasteiger partial charge in [-0.1, -0.05) is 18.2 Å². The van der Waals surface area contributed by atoms with E-state index in [1.54, 1.807) is 22.0 Å². The third kappa shape index (κ3) is 5.17. The minimum Gasteiger partial charge on any atom is -0.455 e. The first-order valence-corrected chi connectivity index (χ1v) is 8.44. The standard InChI is InChI=1S/C19H25N3O3/c1-14(2)22(15(3)4)18(23)13-25-19(24)10-16-11-20-21(12-16)17-8-6-5-7-9-17/h5-9,11-12,14-15H,10,13H2,1-4H3. The van der Waals surface area contributed by atoms with E-state index >= 15 is 0 Å². The molecule has 0 fully saturated rings. The first kappa shape index (κ1) is 18.7. The third-order valence-electron chi connectivity index (χ3n) is 3.76. The Labute approximate surface area is 148 Å². The molecule has 1 aromatic heterocycles. The molecule has 0 N–H and O–H groups in total. The van der Waals surface area contributed by atoms with Gasteiger partial charge in [0.2, 0.25) is 0 Å². The quantitative estimate of drug-likeness (QED) is 0.725. The Balaban J connectivity index is 1.89. The molecule has 0 saturated heterocycles. The number of ether oxygens (including phenoxy) is 1. The van der Waals surface area contributed by atoms with E-state index in [0.717, 1.165) is 11.3 Å². The van der Waals surface area contributed by atoms with Gasteiger partial charge in [-0.2, -0.15) is 5.10 Å². The smallest absolute Gasteiger partial charge is 0.310 e. The van der Waals surface area contributed by atoms with Crippen LogP contribution < -0.4 is 0 Å². The van der Waals surface area contributed by atoms with E-state index in [-0.39, 0.29) is 31.0 Å². The molecule has 1 aromatic carbocycles. The van der Waals surface area contributed by atoms with Crippen LogP contribution in [0.3, 0.4) is 0 Å². The van der Waals surface area contributed by atoms with Crippen molar-refractivity contribution in [1.29, 1.82) is 0 Å². The normalized spacial score (nSPS) is 11.0. The molecule has 0 spiro atoms. The van der Waals surface area contributed by atoms with Gasteiger partial charge in [0.05, 0.1) is 18.3 Å². The molecule has 0 bridgehead atoms. The number of hydrogen-bond donors (Lipinski definition) is 0. The summed E-state index contributed by atoms with van der Waals surface area (Å²) in [5.41, 5.74) is 1.66. The largest absolute Gasteiger partial charge is 0.455 e. The van der Waals surface area contributed by atoms with Crippen molar-refractivity contribution in [3.63, 3.8) is 0 Å². The van der Waals surface area contributed by atoms with E-state index < -0.39 is 5.97 Å². The third-order valence-corrected chi connectivity index (χ3v) is 3.76. The van der Waals surface area contributed by atoms with Crippen LogP contribution in [0.2, 0.25) is 0 Å². The molecule has 1 amide bonds. The van der Waals surface area contributed by atoms with Gasteiger partial charge in [-0.25, -0.2) is 4.68 Å². The lowest BCUT2D eigenvalue weighted by molar-refractivity contribution is -0.153. The maximum absolute atomic E-state index is 12.2. The van der Waals surface area contributed by atoms with Crippen LogP contribution in [0, 0.1) is 0 Å². The second kappa shape index (κ2) is 8.46. The molecular formula is C19H25N3O3. The number of carbonyl (C=O) groups excluding carboxylic acids is 2. The molecule has 0 saturated carbocycles. The summed E-state index contributed by atoms with van der Waals surface area (Å²) >= 11 is 0. The zero-order valence-corrected chi connectivity index (χ0v) is 15.2. The minimum absolute atomic E-state index is 0.0651. The molecule has 0 radical (unpaired) electrons. The number of amides is 1. The Kier molecular flexibility index (Phi) is 6.33. The van der Waals surface area contributed by atoms with Gasteiger partial charge >= 0.3 is 5.97 Å². The monoisotopic (exact) mass is 343 g/mol. The Morgan fingerprint density at radius 3 is 2.36 bits per heavy atom. The lowest BCUT2D eigenvalue weighted by atomic mass is 10.2. The fourth-order valence-corrected chi connectivity index (χ4v) is 2.78. The molecule has 0 atom stereocenters. The average molecular weight is 343 g/mol. The van der Waals surface area contributed by atoms with Crippen molar-refractivity contribution in [2.24, 2.45) is 0 Å². The van der Waals surface area contributed by atoms with Crippen molar-refractivity contribution in [3.8, 4) is 5.69 Å². The fraction of sp³-hybridized carbons (Fsp3) is 0.421. The van der Waals surface area contributed by atoms with Crippen molar-refractivity contribution in [3.05, 3.63) is 48.3 Å². The van der Waals surface area contributed by atoms with E-state index in [2.05, 4.69) is 5.10 Å². The molecule has 2 rings (SSSR count).